The number of likely N-dealkylation sites (N-methyl/N-ethyl adjacent to an activating group) is 1. The first-order valence-electron chi connectivity index (χ1n) is 16.6. The first-order chi connectivity index (χ1) is 25.6. The molecule has 0 aromatic heterocycles. The van der Waals surface area contributed by atoms with Crippen LogP contribution in [-0.2, 0) is 9.59 Å². The molecule has 0 aliphatic carbocycles. The van der Waals surface area contributed by atoms with E-state index in [1.165, 1.54) is 65.2 Å². The van der Waals surface area contributed by atoms with Crippen LogP contribution in [0.5, 0.6) is 0 Å². The first-order valence-corrected chi connectivity index (χ1v) is 19.9. The van der Waals surface area contributed by atoms with E-state index in [0.29, 0.717) is 26.4 Å². The van der Waals surface area contributed by atoms with Crippen molar-refractivity contribution < 1.29 is 18.4 Å². The molecule has 0 N–H and O–H groups in total. The molecule has 0 atom stereocenters. The van der Waals surface area contributed by atoms with Gasteiger partial charge in [0, 0.05) is 39.1 Å². The Bertz CT molecular complexity index is 2150. The van der Waals surface area contributed by atoms with Crippen LogP contribution >= 0.6 is 47.0 Å². The van der Waals surface area contributed by atoms with Crippen LogP contribution in [0, 0.1) is 11.6 Å². The number of anilines is 2. The van der Waals surface area contributed by atoms with Crippen molar-refractivity contribution >= 4 is 92.3 Å². The van der Waals surface area contributed by atoms with Crippen molar-refractivity contribution in [3.05, 3.63) is 129 Å². The lowest BCUT2D eigenvalue weighted by atomic mass is 10.3. The summed E-state index contributed by atoms with van der Waals surface area (Å²) in [6.07, 6.45) is 0.843. The molecule has 3 aliphatic heterocycles. The quantitative estimate of drug-likeness (QED) is 0.0822. The smallest absolute Gasteiger partial charge is 0.269 e. The maximum atomic E-state index is 14.1. The topological polar surface area (TPSA) is 71.8 Å². The van der Waals surface area contributed by atoms with Gasteiger partial charge in [-0.05, 0) is 92.0 Å². The summed E-state index contributed by atoms with van der Waals surface area (Å²) >= 11 is 5.44. The molecule has 7 rings (SSSR count). The number of carbonyl (C=O) groups is 2. The van der Waals surface area contributed by atoms with Gasteiger partial charge in [-0.2, -0.15) is 0 Å². The molecule has 0 radical (unpaired) electrons. The first kappa shape index (κ1) is 38.2. The highest BCUT2D eigenvalue weighted by atomic mass is 32.2. The maximum absolute atomic E-state index is 14.1. The number of aldehydes is 1. The number of rotatable bonds is 6. The minimum absolute atomic E-state index is 0.0882. The van der Waals surface area contributed by atoms with Crippen molar-refractivity contribution in [2.24, 2.45) is 9.98 Å². The molecule has 1 amide bonds. The monoisotopic (exact) mass is 786 g/mol. The number of carbonyl (C=O) groups excluding carboxylic acids is 2. The third kappa shape index (κ3) is 8.35. The second-order valence-corrected chi connectivity index (χ2v) is 15.7. The van der Waals surface area contributed by atoms with E-state index in [2.05, 4.69) is 4.99 Å². The summed E-state index contributed by atoms with van der Waals surface area (Å²) < 4.78 is 27.7. The van der Waals surface area contributed by atoms with Crippen molar-refractivity contribution in [3.8, 4) is 0 Å². The van der Waals surface area contributed by atoms with Crippen LogP contribution < -0.4 is 9.80 Å². The average Bonchev–Trinajstić information content (AvgIpc) is 3.80. The normalized spacial score (nSPS) is 18.2. The summed E-state index contributed by atoms with van der Waals surface area (Å²) in [5, 5.41) is 2.91. The Morgan fingerprint density at radius 1 is 0.849 bits per heavy atom. The zero-order valence-electron chi connectivity index (χ0n) is 29.6. The van der Waals surface area contributed by atoms with Gasteiger partial charge >= 0.3 is 0 Å². The molecule has 272 valence electrons. The fourth-order valence-electron chi connectivity index (χ4n) is 5.33. The molecule has 0 saturated carbocycles. The average molecular weight is 787 g/mol. The molecular formula is C39H36F2N6O2S4. The molecule has 1 saturated heterocycles. The summed E-state index contributed by atoms with van der Waals surface area (Å²) in [5.41, 5.74) is 3.17. The zero-order chi connectivity index (χ0) is 37.6. The van der Waals surface area contributed by atoms with Gasteiger partial charge in [0.25, 0.3) is 5.91 Å². The van der Waals surface area contributed by atoms with Gasteiger partial charge in [-0.1, -0.05) is 66.0 Å². The predicted octanol–water partition coefficient (Wildman–Crippen LogP) is 9.93. The summed E-state index contributed by atoms with van der Waals surface area (Å²) in [5.74, 6) is -0.648. The van der Waals surface area contributed by atoms with Gasteiger partial charge < -0.3 is 14.7 Å². The number of amides is 1. The summed E-state index contributed by atoms with van der Waals surface area (Å²) in [7, 11) is 5.64. The SMILES string of the molecule is CCN(C)C(=Nc1ccccc1)S/C(C=O)=C1/Sc2ccc(F)cc2N1C.CCN1C(=O)/C(=C2\Sc3c(F)cccc3N2C)SC1=Nc1ccccc1. The Labute approximate surface area is 325 Å². The number of aliphatic imine (C=N–C) groups is 2. The van der Waals surface area contributed by atoms with Crippen LogP contribution in [0.2, 0.25) is 0 Å². The lowest BCUT2D eigenvalue weighted by Gasteiger charge is -2.21. The minimum Gasteiger partial charge on any atom is -0.354 e. The number of amidine groups is 2. The molecule has 8 nitrogen and oxygen atoms in total. The second-order valence-electron chi connectivity index (χ2n) is 11.7. The van der Waals surface area contributed by atoms with Gasteiger partial charge in [-0.15, -0.1) is 0 Å². The van der Waals surface area contributed by atoms with E-state index in [1.54, 1.807) is 17.0 Å². The highest BCUT2D eigenvalue weighted by Gasteiger charge is 2.39. The highest BCUT2D eigenvalue weighted by molar-refractivity contribution is 8.19. The lowest BCUT2D eigenvalue weighted by Crippen LogP contribution is -2.29. The van der Waals surface area contributed by atoms with Crippen LogP contribution in [0.15, 0.2) is 137 Å². The van der Waals surface area contributed by atoms with Gasteiger partial charge in [-0.3, -0.25) is 14.5 Å². The molecule has 53 heavy (non-hydrogen) atoms. The van der Waals surface area contributed by atoms with Gasteiger partial charge in [0.05, 0.1) is 42.6 Å². The van der Waals surface area contributed by atoms with E-state index in [4.69, 9.17) is 4.99 Å². The van der Waals surface area contributed by atoms with Crippen molar-refractivity contribution in [2.45, 2.75) is 23.6 Å². The van der Waals surface area contributed by atoms with Gasteiger partial charge in [-0.25, -0.2) is 18.8 Å². The van der Waals surface area contributed by atoms with Crippen molar-refractivity contribution in [1.29, 1.82) is 0 Å². The van der Waals surface area contributed by atoms with E-state index in [1.807, 2.05) is 116 Å². The number of hydrogen-bond acceptors (Lipinski definition) is 10. The summed E-state index contributed by atoms with van der Waals surface area (Å²) in [6, 6.07) is 28.8. The van der Waals surface area contributed by atoms with Crippen LogP contribution in [0.3, 0.4) is 0 Å². The molecule has 3 heterocycles. The molecule has 3 aliphatic rings. The van der Waals surface area contributed by atoms with Crippen LogP contribution in [0.25, 0.3) is 0 Å². The number of nitrogens with zero attached hydrogens (tertiary/aromatic N) is 6. The molecule has 1 fully saturated rings. The third-order valence-corrected chi connectivity index (χ3v) is 13.2. The molecule has 0 bridgehead atoms. The number of thioether (sulfide) groups is 4. The van der Waals surface area contributed by atoms with Crippen LogP contribution in [0.4, 0.5) is 31.5 Å². The Hall–Kier alpha value is -4.50. The molecule has 4 aromatic carbocycles. The van der Waals surface area contributed by atoms with Crippen molar-refractivity contribution in [1.82, 2.24) is 9.80 Å². The lowest BCUT2D eigenvalue weighted by molar-refractivity contribution is -0.122. The fourth-order valence-corrected chi connectivity index (χ4v) is 9.93. The van der Waals surface area contributed by atoms with E-state index >= 15 is 0 Å². The van der Waals surface area contributed by atoms with Crippen LogP contribution in [-0.4, -0.2) is 66.6 Å². The number of halogens is 2. The standard InChI is InChI=1S/C20H20FN3OS2.C19H16FN3OS2/c1-4-23(2)20(22-15-8-6-5-7-9-15)27-18(13-25)19-24(3)16-12-14(21)10-11-17(16)26-19;1-3-23-17(24)16(26-19(23)21-12-8-5-4-6-9-12)18-22(2)14-11-7-10-13(20)15(14)25-18/h5-13H,4H2,1-3H3;4-11H,3H2,1-2H3/b19-18+,22-20?;18-16+,21-19?. The van der Waals surface area contributed by atoms with Crippen molar-refractivity contribution in [3.63, 3.8) is 0 Å². The summed E-state index contributed by atoms with van der Waals surface area (Å²) in [6.45, 7) is 5.24. The fraction of sp³-hybridized carbons (Fsp3) is 0.179. The number of fused-ring (bicyclic) bond motifs is 2. The van der Waals surface area contributed by atoms with E-state index < -0.39 is 0 Å². The Morgan fingerprint density at radius 3 is 2.19 bits per heavy atom. The molecule has 0 unspecified atom stereocenters. The van der Waals surface area contributed by atoms with Crippen LogP contribution in [0.1, 0.15) is 13.8 Å². The molecular weight excluding hydrogens is 751 g/mol. The van der Waals surface area contributed by atoms with E-state index in [-0.39, 0.29) is 17.5 Å². The number of allylic oxidation sites excluding steroid dienone is 1. The predicted molar refractivity (Wildman–Crippen MR) is 219 cm³/mol. The summed E-state index contributed by atoms with van der Waals surface area (Å²) in [4.78, 5) is 44.2. The highest BCUT2D eigenvalue weighted by Crippen LogP contribution is 2.51. The molecule has 0 spiro atoms. The van der Waals surface area contributed by atoms with Gasteiger partial charge in [0.2, 0.25) is 0 Å². The second kappa shape index (κ2) is 17.1. The minimum atomic E-state index is -0.292. The molecule has 4 aromatic rings. The number of hydrogen-bond donors (Lipinski definition) is 0. The maximum Gasteiger partial charge on any atom is 0.269 e. The Balaban J connectivity index is 0.000000181. The number of benzene rings is 4. The number of para-hydroxylation sites is 2. The van der Waals surface area contributed by atoms with Gasteiger partial charge in [0.15, 0.2) is 16.6 Å². The van der Waals surface area contributed by atoms with Crippen molar-refractivity contribution in [2.75, 3.05) is 44.0 Å². The largest absolute Gasteiger partial charge is 0.354 e. The van der Waals surface area contributed by atoms with Gasteiger partial charge in [0.1, 0.15) is 16.5 Å². The Morgan fingerprint density at radius 2 is 1.55 bits per heavy atom. The third-order valence-electron chi connectivity index (χ3n) is 8.26. The Kier molecular flexibility index (Phi) is 12.3. The van der Waals surface area contributed by atoms with E-state index in [0.717, 1.165) is 55.7 Å². The zero-order valence-corrected chi connectivity index (χ0v) is 32.9. The van der Waals surface area contributed by atoms with E-state index in [9.17, 15) is 18.4 Å². The molecule has 14 heteroatoms.